The molecule has 0 aliphatic heterocycles. The minimum absolute atomic E-state index is 0.206. The molecule has 0 saturated heterocycles. The van der Waals surface area contributed by atoms with Gasteiger partial charge in [0.1, 0.15) is 0 Å². The molecule has 11 heavy (non-hydrogen) atoms. The first kappa shape index (κ1) is 10.3. The highest BCUT2D eigenvalue weighted by Crippen LogP contribution is 1.86. The summed E-state index contributed by atoms with van der Waals surface area (Å²) >= 11 is 0. The number of rotatable bonds is 3. The Morgan fingerprint density at radius 1 is 1.36 bits per heavy atom. The zero-order valence-electron chi connectivity index (χ0n) is 7.43. The van der Waals surface area contributed by atoms with Crippen LogP contribution in [0.15, 0.2) is 12.2 Å². The van der Waals surface area contributed by atoms with Gasteiger partial charge in [-0.3, -0.25) is 0 Å². The van der Waals surface area contributed by atoms with Gasteiger partial charge in [-0.1, -0.05) is 25.0 Å². The minimum Gasteiger partial charge on any atom is -0.327 e. The molecule has 0 saturated carbocycles. The highest BCUT2D eigenvalue weighted by atomic mass is 14.6. The lowest BCUT2D eigenvalue weighted by atomic mass is 10.2. The molecule has 0 aliphatic carbocycles. The standard InChI is InChI=1S/C10H17N/c1-3-4-5-6-7-8-9-10(2)11/h4-5,10H,3,6,9,11H2,1-2H3/b5-4-. The summed E-state index contributed by atoms with van der Waals surface area (Å²) in [7, 11) is 0. The first-order valence-corrected chi connectivity index (χ1v) is 4.13. The third-order valence-corrected chi connectivity index (χ3v) is 1.17. The van der Waals surface area contributed by atoms with Crippen molar-refractivity contribution in [3.8, 4) is 11.8 Å². The van der Waals surface area contributed by atoms with Gasteiger partial charge in [-0.05, 0) is 13.3 Å². The molecule has 0 spiro atoms. The first-order chi connectivity index (χ1) is 5.27. The maximum atomic E-state index is 5.51. The van der Waals surface area contributed by atoms with Crippen LogP contribution in [-0.2, 0) is 0 Å². The van der Waals surface area contributed by atoms with Gasteiger partial charge in [-0.15, -0.1) is 5.92 Å². The highest BCUT2D eigenvalue weighted by Gasteiger charge is 1.84. The topological polar surface area (TPSA) is 26.0 Å². The highest BCUT2D eigenvalue weighted by molar-refractivity contribution is 5.05. The van der Waals surface area contributed by atoms with Crippen LogP contribution < -0.4 is 5.73 Å². The van der Waals surface area contributed by atoms with Gasteiger partial charge in [0.2, 0.25) is 0 Å². The molecule has 0 rings (SSSR count). The van der Waals surface area contributed by atoms with E-state index in [1.54, 1.807) is 0 Å². The van der Waals surface area contributed by atoms with E-state index in [1.165, 1.54) is 0 Å². The van der Waals surface area contributed by atoms with E-state index in [0.717, 1.165) is 19.3 Å². The van der Waals surface area contributed by atoms with Gasteiger partial charge >= 0.3 is 0 Å². The maximum Gasteiger partial charge on any atom is 0.0269 e. The zero-order chi connectivity index (χ0) is 8.53. The lowest BCUT2D eigenvalue weighted by Gasteiger charge is -1.93. The number of hydrogen-bond acceptors (Lipinski definition) is 1. The molecule has 1 nitrogen and oxygen atoms in total. The van der Waals surface area contributed by atoms with E-state index in [2.05, 4.69) is 30.9 Å². The molecule has 0 aliphatic rings. The molecule has 0 aromatic carbocycles. The molecular weight excluding hydrogens is 134 g/mol. The molecule has 1 unspecified atom stereocenters. The summed E-state index contributed by atoms with van der Waals surface area (Å²) in [6, 6.07) is 0.206. The van der Waals surface area contributed by atoms with Gasteiger partial charge in [0.15, 0.2) is 0 Å². The van der Waals surface area contributed by atoms with E-state index in [0.29, 0.717) is 0 Å². The molecule has 0 radical (unpaired) electrons. The van der Waals surface area contributed by atoms with Crippen molar-refractivity contribution in [1.82, 2.24) is 0 Å². The summed E-state index contributed by atoms with van der Waals surface area (Å²) in [6.45, 7) is 4.09. The van der Waals surface area contributed by atoms with Crippen LogP contribution in [0, 0.1) is 11.8 Å². The average molecular weight is 151 g/mol. The predicted octanol–water partition coefficient (Wildman–Crippen LogP) is 2.08. The lowest BCUT2D eigenvalue weighted by Crippen LogP contribution is -2.12. The van der Waals surface area contributed by atoms with Crippen molar-refractivity contribution in [2.24, 2.45) is 5.73 Å². The summed E-state index contributed by atoms with van der Waals surface area (Å²) in [5.41, 5.74) is 5.51. The SMILES string of the molecule is CC/C=C\CC#CCC(C)N. The van der Waals surface area contributed by atoms with Crippen molar-refractivity contribution < 1.29 is 0 Å². The van der Waals surface area contributed by atoms with Crippen molar-refractivity contribution in [3.05, 3.63) is 12.2 Å². The molecule has 0 aromatic rings. The fraction of sp³-hybridized carbons (Fsp3) is 0.600. The van der Waals surface area contributed by atoms with Crippen molar-refractivity contribution >= 4 is 0 Å². The molecule has 0 amide bonds. The molecule has 1 atom stereocenters. The van der Waals surface area contributed by atoms with Gasteiger partial charge in [0, 0.05) is 18.9 Å². The molecule has 1 heteroatoms. The lowest BCUT2D eigenvalue weighted by molar-refractivity contribution is 0.770. The molecule has 0 aromatic heterocycles. The molecule has 2 N–H and O–H groups in total. The molecule has 0 bridgehead atoms. The Kier molecular flexibility index (Phi) is 6.87. The van der Waals surface area contributed by atoms with Crippen LogP contribution in [0.1, 0.15) is 33.1 Å². The van der Waals surface area contributed by atoms with E-state index >= 15 is 0 Å². The minimum atomic E-state index is 0.206. The first-order valence-electron chi connectivity index (χ1n) is 4.13. The Morgan fingerprint density at radius 3 is 2.64 bits per heavy atom. The third kappa shape index (κ3) is 9.26. The fourth-order valence-electron chi connectivity index (χ4n) is 0.614. The quantitative estimate of drug-likeness (QED) is 0.485. The molecule has 0 heterocycles. The van der Waals surface area contributed by atoms with Crippen molar-refractivity contribution in [3.63, 3.8) is 0 Å². The van der Waals surface area contributed by atoms with Gasteiger partial charge in [-0.25, -0.2) is 0 Å². The van der Waals surface area contributed by atoms with Crippen molar-refractivity contribution in [2.45, 2.75) is 39.2 Å². The second kappa shape index (κ2) is 7.37. The van der Waals surface area contributed by atoms with Crippen LogP contribution in [-0.4, -0.2) is 6.04 Å². The van der Waals surface area contributed by atoms with Crippen LogP contribution >= 0.6 is 0 Å². The summed E-state index contributed by atoms with van der Waals surface area (Å²) in [5, 5.41) is 0. The Balaban J connectivity index is 3.33. The Labute approximate surface area is 69.7 Å². The average Bonchev–Trinajstić information content (AvgIpc) is 1.96. The van der Waals surface area contributed by atoms with Crippen molar-refractivity contribution in [2.75, 3.05) is 0 Å². The maximum absolute atomic E-state index is 5.51. The Hall–Kier alpha value is -0.740. The van der Waals surface area contributed by atoms with Gasteiger partial charge in [0.25, 0.3) is 0 Å². The van der Waals surface area contributed by atoms with Crippen LogP contribution in [0.25, 0.3) is 0 Å². The van der Waals surface area contributed by atoms with Crippen LogP contribution in [0.5, 0.6) is 0 Å². The number of hydrogen-bond donors (Lipinski definition) is 1. The van der Waals surface area contributed by atoms with Crippen LogP contribution in [0.4, 0.5) is 0 Å². The zero-order valence-corrected chi connectivity index (χ0v) is 7.43. The van der Waals surface area contributed by atoms with Crippen LogP contribution in [0.2, 0.25) is 0 Å². The van der Waals surface area contributed by atoms with E-state index < -0.39 is 0 Å². The largest absolute Gasteiger partial charge is 0.327 e. The molecule has 0 fully saturated rings. The van der Waals surface area contributed by atoms with Gasteiger partial charge < -0.3 is 5.73 Å². The van der Waals surface area contributed by atoms with Gasteiger partial charge in [0.05, 0.1) is 0 Å². The third-order valence-electron chi connectivity index (χ3n) is 1.17. The summed E-state index contributed by atoms with van der Waals surface area (Å²) in [4.78, 5) is 0. The Bertz CT molecular complexity index is 157. The summed E-state index contributed by atoms with van der Waals surface area (Å²) in [6.07, 6.45) is 6.98. The van der Waals surface area contributed by atoms with Crippen LogP contribution in [0.3, 0.4) is 0 Å². The van der Waals surface area contributed by atoms with Gasteiger partial charge in [-0.2, -0.15) is 0 Å². The summed E-state index contributed by atoms with van der Waals surface area (Å²) in [5.74, 6) is 6.05. The monoisotopic (exact) mass is 151 g/mol. The van der Waals surface area contributed by atoms with Crippen molar-refractivity contribution in [1.29, 1.82) is 0 Å². The normalized spacial score (nSPS) is 12.6. The van der Waals surface area contributed by atoms with E-state index in [-0.39, 0.29) is 6.04 Å². The molecule has 62 valence electrons. The van der Waals surface area contributed by atoms with E-state index in [4.69, 9.17) is 5.73 Å². The second-order valence-electron chi connectivity index (χ2n) is 2.62. The van der Waals surface area contributed by atoms with E-state index in [9.17, 15) is 0 Å². The smallest absolute Gasteiger partial charge is 0.0269 e. The Morgan fingerprint density at radius 2 is 2.09 bits per heavy atom. The number of allylic oxidation sites excluding steroid dienone is 2. The number of nitrogens with two attached hydrogens (primary N) is 1. The predicted molar refractivity (Wildman–Crippen MR) is 50.1 cm³/mol. The molecular formula is C10H17N. The summed E-state index contributed by atoms with van der Waals surface area (Å²) < 4.78 is 0. The fourth-order valence-corrected chi connectivity index (χ4v) is 0.614. The second-order valence-corrected chi connectivity index (χ2v) is 2.62. The van der Waals surface area contributed by atoms with E-state index in [1.807, 2.05) is 6.92 Å².